The summed E-state index contributed by atoms with van der Waals surface area (Å²) in [5.74, 6) is 1.14. The maximum Gasteiger partial charge on any atom is 0.314 e. The van der Waals surface area contributed by atoms with Gasteiger partial charge in [-0.2, -0.15) is 0 Å². The number of fused-ring (bicyclic) bond motifs is 1. The average Bonchev–Trinajstić information content (AvgIpc) is 2.45. The van der Waals surface area contributed by atoms with Crippen LogP contribution in [0.5, 0.6) is 11.5 Å². The SMILES string of the molecule is C.C.CCC(C)C(=O)Oc1ccc2cc(OC)ccc2c1. The van der Waals surface area contributed by atoms with Gasteiger partial charge in [-0.1, -0.05) is 40.8 Å². The highest BCUT2D eigenvalue weighted by Crippen LogP contribution is 2.25. The summed E-state index contributed by atoms with van der Waals surface area (Å²) in [5.41, 5.74) is 0. The maximum atomic E-state index is 11.7. The molecule has 2 aromatic carbocycles. The average molecular weight is 290 g/mol. The van der Waals surface area contributed by atoms with Gasteiger partial charge in [0.25, 0.3) is 0 Å². The van der Waals surface area contributed by atoms with Crippen LogP contribution in [-0.4, -0.2) is 13.1 Å². The normalized spacial score (nSPS) is 11.0. The van der Waals surface area contributed by atoms with E-state index in [9.17, 15) is 4.79 Å². The van der Waals surface area contributed by atoms with Crippen LogP contribution >= 0.6 is 0 Å². The fourth-order valence-electron chi connectivity index (χ4n) is 1.78. The summed E-state index contributed by atoms with van der Waals surface area (Å²) < 4.78 is 10.5. The van der Waals surface area contributed by atoms with Crippen LogP contribution in [0.25, 0.3) is 10.8 Å². The van der Waals surface area contributed by atoms with Crippen molar-refractivity contribution < 1.29 is 14.3 Å². The first-order valence-corrected chi connectivity index (χ1v) is 6.43. The first-order valence-electron chi connectivity index (χ1n) is 6.43. The standard InChI is InChI=1S/C16H18O3.2CH4/c1-4-11(2)16(17)19-15-8-6-12-9-14(18-3)7-5-13(12)10-15;;/h5-11H,4H2,1-3H3;2*1H4. The van der Waals surface area contributed by atoms with E-state index in [1.54, 1.807) is 7.11 Å². The fraction of sp³-hybridized carbons (Fsp3) is 0.389. The van der Waals surface area contributed by atoms with Gasteiger partial charge in [-0.3, -0.25) is 4.79 Å². The molecule has 0 aromatic heterocycles. The second-order valence-corrected chi connectivity index (χ2v) is 4.61. The smallest absolute Gasteiger partial charge is 0.314 e. The first-order chi connectivity index (χ1) is 9.13. The van der Waals surface area contributed by atoms with E-state index in [-0.39, 0.29) is 26.7 Å². The van der Waals surface area contributed by atoms with Crippen LogP contribution in [-0.2, 0) is 4.79 Å². The third kappa shape index (κ3) is 4.48. The van der Waals surface area contributed by atoms with E-state index in [2.05, 4.69) is 0 Å². The summed E-state index contributed by atoms with van der Waals surface area (Å²) in [6, 6.07) is 11.4. The van der Waals surface area contributed by atoms with Crippen molar-refractivity contribution in [2.24, 2.45) is 5.92 Å². The molecule has 0 aliphatic rings. The second-order valence-electron chi connectivity index (χ2n) is 4.61. The molecule has 116 valence electrons. The largest absolute Gasteiger partial charge is 0.497 e. The Morgan fingerprint density at radius 2 is 1.57 bits per heavy atom. The molecule has 0 aliphatic heterocycles. The number of hydrogen-bond donors (Lipinski definition) is 0. The number of methoxy groups -OCH3 is 1. The monoisotopic (exact) mass is 290 g/mol. The summed E-state index contributed by atoms with van der Waals surface area (Å²) in [6.07, 6.45) is 0.781. The molecule has 0 spiro atoms. The van der Waals surface area contributed by atoms with Gasteiger partial charge in [-0.25, -0.2) is 0 Å². The zero-order chi connectivity index (χ0) is 13.8. The summed E-state index contributed by atoms with van der Waals surface area (Å²) in [4.78, 5) is 11.7. The lowest BCUT2D eigenvalue weighted by atomic mass is 10.1. The lowest BCUT2D eigenvalue weighted by molar-refractivity contribution is -0.138. The number of esters is 1. The Hall–Kier alpha value is -2.03. The highest BCUT2D eigenvalue weighted by Gasteiger charge is 2.13. The van der Waals surface area contributed by atoms with Crippen LogP contribution in [0.15, 0.2) is 36.4 Å². The van der Waals surface area contributed by atoms with Crippen LogP contribution in [0.1, 0.15) is 35.1 Å². The molecule has 21 heavy (non-hydrogen) atoms. The van der Waals surface area contributed by atoms with Gasteiger partial charge in [-0.15, -0.1) is 0 Å². The third-order valence-electron chi connectivity index (χ3n) is 3.25. The summed E-state index contributed by atoms with van der Waals surface area (Å²) >= 11 is 0. The van der Waals surface area contributed by atoms with E-state index in [0.29, 0.717) is 5.75 Å². The van der Waals surface area contributed by atoms with Crippen LogP contribution in [0.4, 0.5) is 0 Å². The molecule has 0 bridgehead atoms. The van der Waals surface area contributed by atoms with Crippen molar-refractivity contribution >= 4 is 16.7 Å². The number of hydrogen-bond acceptors (Lipinski definition) is 3. The Bertz CT molecular complexity index is 590. The van der Waals surface area contributed by atoms with Crippen molar-refractivity contribution in [3.05, 3.63) is 36.4 Å². The zero-order valence-electron chi connectivity index (χ0n) is 11.5. The molecule has 0 heterocycles. The molecule has 1 atom stereocenters. The van der Waals surface area contributed by atoms with E-state index in [1.807, 2.05) is 50.2 Å². The molecule has 0 aliphatic carbocycles. The minimum atomic E-state index is -0.185. The Labute approximate surface area is 127 Å². The van der Waals surface area contributed by atoms with Crippen molar-refractivity contribution in [3.8, 4) is 11.5 Å². The van der Waals surface area contributed by atoms with Crippen molar-refractivity contribution in [1.29, 1.82) is 0 Å². The number of carbonyl (C=O) groups excluding carboxylic acids is 1. The predicted molar refractivity (Wildman–Crippen MR) is 89.1 cm³/mol. The Morgan fingerprint density at radius 1 is 1.05 bits per heavy atom. The van der Waals surface area contributed by atoms with Crippen molar-refractivity contribution in [3.63, 3.8) is 0 Å². The number of carbonyl (C=O) groups is 1. The van der Waals surface area contributed by atoms with Crippen LogP contribution in [0, 0.1) is 5.92 Å². The Morgan fingerprint density at radius 3 is 2.10 bits per heavy atom. The summed E-state index contributed by atoms with van der Waals surface area (Å²) in [7, 11) is 1.64. The molecule has 2 aromatic rings. The number of benzene rings is 2. The summed E-state index contributed by atoms with van der Waals surface area (Å²) in [5, 5.41) is 2.08. The van der Waals surface area contributed by atoms with E-state index >= 15 is 0 Å². The van der Waals surface area contributed by atoms with Crippen molar-refractivity contribution in [1.82, 2.24) is 0 Å². The molecule has 1 unspecified atom stereocenters. The third-order valence-corrected chi connectivity index (χ3v) is 3.25. The fourth-order valence-corrected chi connectivity index (χ4v) is 1.78. The number of rotatable bonds is 4. The van der Waals surface area contributed by atoms with Crippen LogP contribution < -0.4 is 9.47 Å². The summed E-state index contributed by atoms with van der Waals surface area (Å²) in [6.45, 7) is 3.84. The highest BCUT2D eigenvalue weighted by molar-refractivity contribution is 5.86. The van der Waals surface area contributed by atoms with E-state index in [4.69, 9.17) is 9.47 Å². The minimum absolute atomic E-state index is 0. The Balaban J connectivity index is 0.00000200. The van der Waals surface area contributed by atoms with Gasteiger partial charge < -0.3 is 9.47 Å². The van der Waals surface area contributed by atoms with Gasteiger partial charge in [0, 0.05) is 0 Å². The van der Waals surface area contributed by atoms with Gasteiger partial charge in [0.1, 0.15) is 11.5 Å². The minimum Gasteiger partial charge on any atom is -0.497 e. The van der Waals surface area contributed by atoms with Crippen molar-refractivity contribution in [2.75, 3.05) is 7.11 Å². The first kappa shape index (κ1) is 19.0. The lowest BCUT2D eigenvalue weighted by Crippen LogP contribution is -2.16. The topological polar surface area (TPSA) is 35.5 Å². The molecular formula is C18H26O3. The molecule has 0 saturated heterocycles. The molecule has 2 rings (SSSR count). The van der Waals surface area contributed by atoms with Gasteiger partial charge in [0.05, 0.1) is 13.0 Å². The zero-order valence-corrected chi connectivity index (χ0v) is 11.5. The van der Waals surface area contributed by atoms with Crippen molar-refractivity contribution in [2.45, 2.75) is 35.1 Å². The van der Waals surface area contributed by atoms with E-state index < -0.39 is 0 Å². The predicted octanol–water partition coefficient (Wildman–Crippen LogP) is 5.07. The van der Waals surface area contributed by atoms with Crippen LogP contribution in [0.2, 0.25) is 0 Å². The molecule has 0 radical (unpaired) electrons. The highest BCUT2D eigenvalue weighted by atomic mass is 16.5. The van der Waals surface area contributed by atoms with Gasteiger partial charge in [0.15, 0.2) is 0 Å². The van der Waals surface area contributed by atoms with E-state index in [1.165, 1.54) is 0 Å². The molecule has 0 N–H and O–H groups in total. The Kier molecular flexibility index (Phi) is 7.50. The van der Waals surface area contributed by atoms with Gasteiger partial charge >= 0.3 is 5.97 Å². The van der Waals surface area contributed by atoms with Gasteiger partial charge in [0.2, 0.25) is 0 Å². The molecule has 3 nitrogen and oxygen atoms in total. The number of ether oxygens (including phenoxy) is 2. The maximum absolute atomic E-state index is 11.7. The molecule has 0 fully saturated rings. The van der Waals surface area contributed by atoms with Gasteiger partial charge in [-0.05, 0) is 41.5 Å². The van der Waals surface area contributed by atoms with E-state index in [0.717, 1.165) is 22.9 Å². The second kappa shape index (κ2) is 8.30. The quantitative estimate of drug-likeness (QED) is 0.582. The molecule has 0 saturated carbocycles. The van der Waals surface area contributed by atoms with Crippen LogP contribution in [0.3, 0.4) is 0 Å². The molecule has 0 amide bonds. The lowest BCUT2D eigenvalue weighted by Gasteiger charge is -2.10. The molecular weight excluding hydrogens is 264 g/mol. The molecule has 3 heteroatoms.